The Morgan fingerprint density at radius 1 is 1.19 bits per heavy atom. The molecule has 1 amide bonds. The predicted molar refractivity (Wildman–Crippen MR) is 91.1 cm³/mol. The molecule has 0 spiro atoms. The van der Waals surface area contributed by atoms with Crippen molar-refractivity contribution >= 4 is 17.5 Å². The zero-order chi connectivity index (χ0) is 15.8. The third kappa shape index (κ3) is 4.74. The first-order chi connectivity index (χ1) is 10.1. The van der Waals surface area contributed by atoms with E-state index in [9.17, 15) is 4.79 Å². The van der Waals surface area contributed by atoms with Gasteiger partial charge < -0.3 is 4.90 Å². The van der Waals surface area contributed by atoms with Gasteiger partial charge in [0.15, 0.2) is 0 Å². The molecule has 0 saturated carbocycles. The molecule has 0 fully saturated rings. The van der Waals surface area contributed by atoms with Gasteiger partial charge in [-0.2, -0.15) is 0 Å². The van der Waals surface area contributed by atoms with Crippen molar-refractivity contribution in [2.45, 2.75) is 65.8 Å². The molecule has 0 saturated heterocycles. The number of hydrogen-bond donors (Lipinski definition) is 0. The van der Waals surface area contributed by atoms with Crippen LogP contribution in [0.15, 0.2) is 18.2 Å². The zero-order valence-electron chi connectivity index (χ0n) is 13.8. The highest BCUT2D eigenvalue weighted by Crippen LogP contribution is 2.23. The monoisotopic (exact) mass is 309 g/mol. The Kier molecular flexibility index (Phi) is 7.81. The van der Waals surface area contributed by atoms with E-state index in [2.05, 4.69) is 27.7 Å². The Morgan fingerprint density at radius 3 is 2.43 bits per heavy atom. The summed E-state index contributed by atoms with van der Waals surface area (Å²) in [7, 11) is 0. The van der Waals surface area contributed by atoms with Crippen molar-refractivity contribution in [3.63, 3.8) is 0 Å². The summed E-state index contributed by atoms with van der Waals surface area (Å²) in [6.45, 7) is 9.32. The van der Waals surface area contributed by atoms with E-state index in [-0.39, 0.29) is 5.91 Å². The van der Waals surface area contributed by atoms with Crippen LogP contribution >= 0.6 is 11.6 Å². The van der Waals surface area contributed by atoms with E-state index in [0.717, 1.165) is 44.2 Å². The van der Waals surface area contributed by atoms with Crippen molar-refractivity contribution in [3.05, 3.63) is 34.3 Å². The summed E-state index contributed by atoms with van der Waals surface area (Å²) in [5.74, 6) is 0.0810. The van der Waals surface area contributed by atoms with Crippen molar-refractivity contribution in [1.29, 1.82) is 0 Å². The number of aryl methyl sites for hydroxylation is 1. The molecule has 0 aliphatic carbocycles. The molecular formula is C18H28ClNO. The van der Waals surface area contributed by atoms with E-state index in [1.807, 2.05) is 23.1 Å². The molecule has 1 atom stereocenters. The molecule has 0 N–H and O–H groups in total. The second kappa shape index (κ2) is 9.09. The fourth-order valence-corrected chi connectivity index (χ4v) is 2.91. The molecule has 1 aromatic carbocycles. The Balaban J connectivity index is 3.10. The quantitative estimate of drug-likeness (QED) is 0.635. The molecule has 118 valence electrons. The molecular weight excluding hydrogens is 282 g/mol. The number of rotatable bonds is 8. The van der Waals surface area contributed by atoms with Crippen LogP contribution in [0.2, 0.25) is 5.02 Å². The first-order valence-corrected chi connectivity index (χ1v) is 8.56. The van der Waals surface area contributed by atoms with Gasteiger partial charge in [-0.05, 0) is 43.4 Å². The molecule has 1 unspecified atom stereocenters. The van der Waals surface area contributed by atoms with Gasteiger partial charge in [0, 0.05) is 12.6 Å². The van der Waals surface area contributed by atoms with E-state index < -0.39 is 0 Å². The maximum atomic E-state index is 12.9. The van der Waals surface area contributed by atoms with Gasteiger partial charge in [0.2, 0.25) is 0 Å². The standard InChI is InChI=1S/C18H28ClNO/c1-5-9-15(8-4)20(12-6-2)18(21)16-13-14(7-3)10-11-17(16)19/h10-11,13,15H,5-9,12H2,1-4H3. The second-order valence-corrected chi connectivity index (χ2v) is 5.92. The molecule has 3 heteroatoms. The minimum atomic E-state index is 0.0810. The van der Waals surface area contributed by atoms with E-state index in [0.29, 0.717) is 16.6 Å². The fraction of sp³-hybridized carbons (Fsp3) is 0.611. The van der Waals surface area contributed by atoms with Gasteiger partial charge in [-0.1, -0.05) is 51.8 Å². The second-order valence-electron chi connectivity index (χ2n) is 5.52. The highest BCUT2D eigenvalue weighted by atomic mass is 35.5. The highest BCUT2D eigenvalue weighted by molar-refractivity contribution is 6.33. The Bertz CT molecular complexity index is 459. The number of carbonyl (C=O) groups excluding carboxylic acids is 1. The van der Waals surface area contributed by atoms with Crippen LogP contribution in [0, 0.1) is 0 Å². The molecule has 2 nitrogen and oxygen atoms in total. The lowest BCUT2D eigenvalue weighted by molar-refractivity contribution is 0.0662. The minimum absolute atomic E-state index is 0.0810. The number of amides is 1. The summed E-state index contributed by atoms with van der Waals surface area (Å²) in [5, 5.41) is 0.560. The average Bonchev–Trinajstić information content (AvgIpc) is 2.50. The largest absolute Gasteiger partial charge is 0.336 e. The maximum Gasteiger partial charge on any atom is 0.255 e. The Labute approximate surface area is 134 Å². The van der Waals surface area contributed by atoms with Crippen LogP contribution in [0.1, 0.15) is 69.3 Å². The van der Waals surface area contributed by atoms with Gasteiger partial charge >= 0.3 is 0 Å². The Morgan fingerprint density at radius 2 is 1.90 bits per heavy atom. The first-order valence-electron chi connectivity index (χ1n) is 8.18. The molecule has 0 aliphatic heterocycles. The molecule has 0 heterocycles. The summed E-state index contributed by atoms with van der Waals surface area (Å²) in [4.78, 5) is 15.0. The van der Waals surface area contributed by atoms with Gasteiger partial charge in [0.1, 0.15) is 0 Å². The van der Waals surface area contributed by atoms with Gasteiger partial charge in [0.05, 0.1) is 10.6 Å². The third-order valence-electron chi connectivity index (χ3n) is 3.93. The minimum Gasteiger partial charge on any atom is -0.336 e. The number of nitrogens with zero attached hydrogens (tertiary/aromatic N) is 1. The van der Waals surface area contributed by atoms with E-state index >= 15 is 0 Å². The topological polar surface area (TPSA) is 20.3 Å². The van der Waals surface area contributed by atoms with Crippen LogP contribution in [0.3, 0.4) is 0 Å². The Hall–Kier alpha value is -1.02. The smallest absolute Gasteiger partial charge is 0.255 e. The average molecular weight is 310 g/mol. The van der Waals surface area contributed by atoms with Crippen LogP contribution in [0.4, 0.5) is 0 Å². The molecule has 0 aromatic heterocycles. The van der Waals surface area contributed by atoms with E-state index in [4.69, 9.17) is 11.6 Å². The van der Waals surface area contributed by atoms with Crippen LogP contribution in [-0.2, 0) is 6.42 Å². The van der Waals surface area contributed by atoms with Crippen LogP contribution in [0.25, 0.3) is 0 Å². The van der Waals surface area contributed by atoms with E-state index in [1.54, 1.807) is 0 Å². The van der Waals surface area contributed by atoms with Crippen molar-refractivity contribution in [3.8, 4) is 0 Å². The molecule has 21 heavy (non-hydrogen) atoms. The zero-order valence-corrected chi connectivity index (χ0v) is 14.5. The number of hydrogen-bond acceptors (Lipinski definition) is 1. The van der Waals surface area contributed by atoms with E-state index in [1.165, 1.54) is 0 Å². The number of halogens is 1. The lowest BCUT2D eigenvalue weighted by atomic mass is 10.0. The summed E-state index contributed by atoms with van der Waals surface area (Å²) >= 11 is 6.27. The molecule has 1 aromatic rings. The van der Waals surface area contributed by atoms with Crippen molar-refractivity contribution < 1.29 is 4.79 Å². The van der Waals surface area contributed by atoms with Crippen molar-refractivity contribution in [1.82, 2.24) is 4.90 Å². The van der Waals surface area contributed by atoms with Crippen LogP contribution in [-0.4, -0.2) is 23.4 Å². The lowest BCUT2D eigenvalue weighted by Gasteiger charge is -2.31. The first kappa shape index (κ1) is 18.0. The van der Waals surface area contributed by atoms with Gasteiger partial charge in [-0.3, -0.25) is 4.79 Å². The summed E-state index contributed by atoms with van der Waals surface area (Å²) < 4.78 is 0. The molecule has 0 radical (unpaired) electrons. The predicted octanol–water partition coefficient (Wildman–Crippen LogP) is 5.33. The number of benzene rings is 1. The van der Waals surface area contributed by atoms with Gasteiger partial charge in [-0.15, -0.1) is 0 Å². The van der Waals surface area contributed by atoms with Crippen LogP contribution < -0.4 is 0 Å². The molecule has 0 bridgehead atoms. The lowest BCUT2D eigenvalue weighted by Crippen LogP contribution is -2.40. The van der Waals surface area contributed by atoms with Gasteiger partial charge in [0.25, 0.3) is 5.91 Å². The van der Waals surface area contributed by atoms with Crippen molar-refractivity contribution in [2.24, 2.45) is 0 Å². The third-order valence-corrected chi connectivity index (χ3v) is 4.26. The molecule has 1 rings (SSSR count). The highest BCUT2D eigenvalue weighted by Gasteiger charge is 2.24. The molecule has 0 aliphatic rings. The van der Waals surface area contributed by atoms with Crippen LogP contribution in [0.5, 0.6) is 0 Å². The van der Waals surface area contributed by atoms with Crippen molar-refractivity contribution in [2.75, 3.05) is 6.54 Å². The maximum absolute atomic E-state index is 12.9. The number of carbonyl (C=O) groups is 1. The SMILES string of the molecule is CCCC(CC)N(CCC)C(=O)c1cc(CC)ccc1Cl. The summed E-state index contributed by atoms with van der Waals surface area (Å²) in [6.07, 6.45) is 5.02. The normalized spacial score (nSPS) is 12.2. The van der Waals surface area contributed by atoms with Gasteiger partial charge in [-0.25, -0.2) is 0 Å². The fourth-order valence-electron chi connectivity index (χ4n) is 2.72. The summed E-state index contributed by atoms with van der Waals surface area (Å²) in [5.41, 5.74) is 1.81. The summed E-state index contributed by atoms with van der Waals surface area (Å²) in [6, 6.07) is 6.10.